The minimum absolute atomic E-state index is 0.708. The molecule has 2 aliphatic heterocycles. The molecule has 0 spiro atoms. The molecule has 0 aromatic heterocycles. The van der Waals surface area contributed by atoms with E-state index in [0.29, 0.717) is 5.84 Å². The predicted molar refractivity (Wildman–Crippen MR) is 70.4 cm³/mol. The van der Waals surface area contributed by atoms with Gasteiger partial charge in [-0.25, -0.2) is 0 Å². The van der Waals surface area contributed by atoms with Crippen molar-refractivity contribution in [3.05, 3.63) is 29.8 Å². The maximum absolute atomic E-state index is 3.90. The standard InChI is InChI=1S/C12H16N6/c1-17-6-8-18(9-7-17)11-4-2-10(3-5-11)12-13-15-16-14-12/h2-5H,6-9H2,1H3,(H,13,14,15)/q+1. The number of hydrogen-bond acceptors (Lipinski definition) is 6. The van der Waals surface area contributed by atoms with Crippen molar-refractivity contribution >= 4 is 11.5 Å². The van der Waals surface area contributed by atoms with E-state index in [2.05, 4.69) is 62.1 Å². The highest BCUT2D eigenvalue weighted by Gasteiger charge is 2.18. The van der Waals surface area contributed by atoms with Crippen LogP contribution in [0.15, 0.2) is 34.6 Å². The van der Waals surface area contributed by atoms with E-state index in [1.807, 2.05) is 0 Å². The number of amidine groups is 1. The summed E-state index contributed by atoms with van der Waals surface area (Å²) in [5, 5.41) is 11.1. The quantitative estimate of drug-likeness (QED) is 0.819. The third kappa shape index (κ3) is 2.19. The van der Waals surface area contributed by atoms with E-state index in [4.69, 9.17) is 0 Å². The number of likely N-dealkylation sites (N-methyl/N-ethyl adjacent to an activating group) is 1. The lowest BCUT2D eigenvalue weighted by atomic mass is 10.1. The first-order valence-electron chi connectivity index (χ1n) is 6.10. The molecule has 2 heterocycles. The molecule has 6 heteroatoms. The van der Waals surface area contributed by atoms with Gasteiger partial charge in [-0.3, -0.25) is 0 Å². The summed E-state index contributed by atoms with van der Waals surface area (Å²) in [7, 11) is 2.16. The van der Waals surface area contributed by atoms with Crippen molar-refractivity contribution in [3.8, 4) is 0 Å². The maximum Gasteiger partial charge on any atom is 0.316 e. The Bertz CT molecular complexity index is 470. The SMILES string of the molecule is CN1CCN(c2ccc(C3=NN=[N+]N3)cc2)CC1. The van der Waals surface area contributed by atoms with Gasteiger partial charge in [0.25, 0.3) is 0 Å². The summed E-state index contributed by atoms with van der Waals surface area (Å²) < 4.78 is 0. The average molecular weight is 244 g/mol. The van der Waals surface area contributed by atoms with Gasteiger partial charge in [-0.15, -0.1) is 5.43 Å². The second-order valence-electron chi connectivity index (χ2n) is 4.59. The summed E-state index contributed by atoms with van der Waals surface area (Å²) >= 11 is 0. The van der Waals surface area contributed by atoms with E-state index in [1.165, 1.54) is 5.69 Å². The predicted octanol–water partition coefficient (Wildman–Crippen LogP) is 0.406. The van der Waals surface area contributed by atoms with E-state index in [-0.39, 0.29) is 0 Å². The highest BCUT2D eigenvalue weighted by Crippen LogP contribution is 2.17. The first kappa shape index (κ1) is 11.2. The Morgan fingerprint density at radius 1 is 1.11 bits per heavy atom. The zero-order valence-electron chi connectivity index (χ0n) is 10.4. The number of hydrogen-bond donors (Lipinski definition) is 1. The lowest BCUT2D eigenvalue weighted by molar-refractivity contribution is 0.313. The van der Waals surface area contributed by atoms with Crippen molar-refractivity contribution in [1.29, 1.82) is 0 Å². The first-order chi connectivity index (χ1) is 8.83. The summed E-state index contributed by atoms with van der Waals surface area (Å²) in [5.41, 5.74) is 5.04. The highest BCUT2D eigenvalue weighted by atomic mass is 15.6. The Balaban J connectivity index is 1.71. The molecule has 0 atom stereocenters. The van der Waals surface area contributed by atoms with Crippen molar-refractivity contribution in [2.75, 3.05) is 38.1 Å². The molecule has 0 aliphatic carbocycles. The highest BCUT2D eigenvalue weighted by molar-refractivity contribution is 5.98. The zero-order chi connectivity index (χ0) is 12.4. The Labute approximate surface area is 106 Å². The van der Waals surface area contributed by atoms with Crippen LogP contribution in [-0.2, 0) is 0 Å². The summed E-state index contributed by atoms with van der Waals surface area (Å²) in [6.07, 6.45) is 0. The maximum atomic E-state index is 3.90. The van der Waals surface area contributed by atoms with Gasteiger partial charge in [0.2, 0.25) is 5.22 Å². The monoisotopic (exact) mass is 244 g/mol. The molecule has 18 heavy (non-hydrogen) atoms. The number of nitrogens with zero attached hydrogens (tertiary/aromatic N) is 5. The molecular weight excluding hydrogens is 228 g/mol. The Hall–Kier alpha value is -1.95. The van der Waals surface area contributed by atoms with Gasteiger partial charge in [0.05, 0.1) is 0 Å². The van der Waals surface area contributed by atoms with E-state index in [0.717, 1.165) is 31.7 Å². The number of piperazine rings is 1. The number of rotatable bonds is 2. The molecular formula is C12H16N6+. The van der Waals surface area contributed by atoms with E-state index < -0.39 is 0 Å². The molecule has 0 saturated carbocycles. The number of nitrogens with one attached hydrogen (secondary N) is 1. The van der Waals surface area contributed by atoms with Crippen molar-refractivity contribution in [2.24, 2.45) is 10.3 Å². The minimum Gasteiger partial charge on any atom is -0.369 e. The summed E-state index contributed by atoms with van der Waals surface area (Å²) in [4.78, 5) is 4.76. The van der Waals surface area contributed by atoms with Crippen LogP contribution in [0, 0.1) is 0 Å². The Morgan fingerprint density at radius 3 is 2.44 bits per heavy atom. The molecule has 3 rings (SSSR count). The van der Waals surface area contributed by atoms with E-state index in [1.54, 1.807) is 0 Å². The van der Waals surface area contributed by atoms with Gasteiger partial charge in [-0.1, -0.05) is 0 Å². The van der Waals surface area contributed by atoms with Gasteiger partial charge in [-0.2, -0.15) is 0 Å². The molecule has 1 N–H and O–H groups in total. The molecule has 0 unspecified atom stereocenters. The normalized spacial score (nSPS) is 19.8. The minimum atomic E-state index is 0.708. The molecule has 1 radical (unpaired) electrons. The second kappa shape index (κ2) is 4.73. The molecule has 1 fully saturated rings. The van der Waals surface area contributed by atoms with Crippen LogP contribution in [0.5, 0.6) is 0 Å². The smallest absolute Gasteiger partial charge is 0.316 e. The molecule has 2 aliphatic rings. The lowest BCUT2D eigenvalue weighted by Crippen LogP contribution is -2.44. The zero-order valence-corrected chi connectivity index (χ0v) is 10.4. The molecule has 1 aromatic carbocycles. The van der Waals surface area contributed by atoms with Gasteiger partial charge in [-0.05, 0) is 31.3 Å². The van der Waals surface area contributed by atoms with Gasteiger partial charge in [0.15, 0.2) is 5.22 Å². The summed E-state index contributed by atoms with van der Waals surface area (Å²) in [6.45, 7) is 4.40. The number of benzene rings is 1. The fourth-order valence-corrected chi connectivity index (χ4v) is 2.18. The molecule has 1 aromatic rings. The Morgan fingerprint density at radius 2 is 1.83 bits per heavy atom. The molecule has 6 nitrogen and oxygen atoms in total. The van der Waals surface area contributed by atoms with Crippen molar-refractivity contribution in [1.82, 2.24) is 15.5 Å². The van der Waals surface area contributed by atoms with Crippen LogP contribution in [-0.4, -0.2) is 44.0 Å². The van der Waals surface area contributed by atoms with Crippen molar-refractivity contribution in [3.63, 3.8) is 0 Å². The molecule has 93 valence electrons. The topological polar surface area (TPSA) is 57.3 Å². The first-order valence-corrected chi connectivity index (χ1v) is 6.10. The van der Waals surface area contributed by atoms with Crippen LogP contribution in [0.1, 0.15) is 5.56 Å². The lowest BCUT2D eigenvalue weighted by Gasteiger charge is -2.34. The fourth-order valence-electron chi connectivity index (χ4n) is 2.18. The van der Waals surface area contributed by atoms with E-state index >= 15 is 0 Å². The average Bonchev–Trinajstić information content (AvgIpc) is 2.94. The van der Waals surface area contributed by atoms with Gasteiger partial charge < -0.3 is 9.80 Å². The van der Waals surface area contributed by atoms with Crippen LogP contribution >= 0.6 is 0 Å². The van der Waals surface area contributed by atoms with Crippen LogP contribution in [0.4, 0.5) is 5.69 Å². The van der Waals surface area contributed by atoms with Crippen LogP contribution in [0.25, 0.3) is 0 Å². The van der Waals surface area contributed by atoms with Gasteiger partial charge >= 0.3 is 5.84 Å². The third-order valence-corrected chi connectivity index (χ3v) is 3.35. The summed E-state index contributed by atoms with van der Waals surface area (Å²) in [6, 6.07) is 8.36. The second-order valence-corrected chi connectivity index (χ2v) is 4.59. The number of anilines is 1. The van der Waals surface area contributed by atoms with Crippen LogP contribution in [0.2, 0.25) is 0 Å². The summed E-state index contributed by atoms with van der Waals surface area (Å²) in [5.74, 6) is 0.708. The Kier molecular flexibility index (Phi) is 2.93. The van der Waals surface area contributed by atoms with Crippen LogP contribution in [0.3, 0.4) is 0 Å². The molecule has 0 amide bonds. The van der Waals surface area contributed by atoms with Crippen LogP contribution < -0.4 is 15.5 Å². The van der Waals surface area contributed by atoms with Gasteiger partial charge in [0.1, 0.15) is 5.10 Å². The fraction of sp³-hybridized carbons (Fsp3) is 0.417. The molecule has 0 bridgehead atoms. The van der Waals surface area contributed by atoms with E-state index in [9.17, 15) is 0 Å². The van der Waals surface area contributed by atoms with Crippen molar-refractivity contribution < 1.29 is 0 Å². The third-order valence-electron chi connectivity index (χ3n) is 3.35. The van der Waals surface area contributed by atoms with Gasteiger partial charge in [0, 0.05) is 37.4 Å². The largest absolute Gasteiger partial charge is 0.369 e. The molecule has 1 saturated heterocycles. The van der Waals surface area contributed by atoms with Crippen molar-refractivity contribution in [2.45, 2.75) is 0 Å².